The number of aryl methyl sites for hydroxylation is 1. The van der Waals surface area contributed by atoms with E-state index in [4.69, 9.17) is 9.47 Å². The molecule has 2 aliphatic rings. The van der Waals surface area contributed by atoms with E-state index >= 15 is 0 Å². The van der Waals surface area contributed by atoms with Crippen LogP contribution < -0.4 is 4.74 Å². The summed E-state index contributed by atoms with van der Waals surface area (Å²) in [5, 5.41) is 10.7. The van der Waals surface area contributed by atoms with Gasteiger partial charge in [0.1, 0.15) is 18.0 Å². The SMILES string of the molecule is Cc1ccccc1OC[C@]1(O)CCN(C(=O)C2CCOCC2)C1. The lowest BCUT2D eigenvalue weighted by Crippen LogP contribution is -2.43. The normalized spacial score (nSPS) is 25.6. The van der Waals surface area contributed by atoms with Crippen molar-refractivity contribution in [3.8, 4) is 5.75 Å². The van der Waals surface area contributed by atoms with Crippen molar-refractivity contribution in [2.45, 2.75) is 31.8 Å². The number of β-amino-alcohol motifs (C(OH)–C–C–N with tert-alkyl or cyclic N) is 1. The number of hydrogen-bond donors (Lipinski definition) is 1. The van der Waals surface area contributed by atoms with Gasteiger partial charge in [-0.05, 0) is 37.8 Å². The molecule has 1 atom stereocenters. The van der Waals surface area contributed by atoms with Gasteiger partial charge in [-0.25, -0.2) is 0 Å². The number of benzene rings is 1. The minimum absolute atomic E-state index is 0.0448. The zero-order chi connectivity index (χ0) is 16.3. The zero-order valence-electron chi connectivity index (χ0n) is 13.7. The molecule has 5 nitrogen and oxygen atoms in total. The molecule has 0 aliphatic carbocycles. The maximum atomic E-state index is 12.5. The van der Waals surface area contributed by atoms with Crippen molar-refractivity contribution in [3.05, 3.63) is 29.8 Å². The maximum absolute atomic E-state index is 12.5. The number of ether oxygens (including phenoxy) is 2. The molecule has 1 amide bonds. The van der Waals surface area contributed by atoms with E-state index < -0.39 is 5.60 Å². The first-order chi connectivity index (χ1) is 11.1. The summed E-state index contributed by atoms with van der Waals surface area (Å²) in [7, 11) is 0. The Labute approximate surface area is 137 Å². The van der Waals surface area contributed by atoms with E-state index in [0.29, 0.717) is 32.7 Å². The molecule has 1 aromatic carbocycles. The molecular weight excluding hydrogens is 294 g/mol. The summed E-state index contributed by atoms with van der Waals surface area (Å²) < 4.78 is 11.1. The van der Waals surface area contributed by atoms with Crippen molar-refractivity contribution in [2.75, 3.05) is 32.9 Å². The smallest absolute Gasteiger partial charge is 0.225 e. The quantitative estimate of drug-likeness (QED) is 0.919. The molecule has 2 heterocycles. The van der Waals surface area contributed by atoms with Gasteiger partial charge in [-0.3, -0.25) is 4.79 Å². The van der Waals surface area contributed by atoms with Crippen LogP contribution in [-0.4, -0.2) is 54.4 Å². The van der Waals surface area contributed by atoms with Gasteiger partial charge in [0.05, 0.1) is 6.54 Å². The number of para-hydroxylation sites is 1. The fraction of sp³-hybridized carbons (Fsp3) is 0.611. The average molecular weight is 319 g/mol. The van der Waals surface area contributed by atoms with E-state index in [2.05, 4.69) is 0 Å². The molecule has 0 spiro atoms. The summed E-state index contributed by atoms with van der Waals surface area (Å²) >= 11 is 0. The lowest BCUT2D eigenvalue weighted by molar-refractivity contribution is -0.138. The average Bonchev–Trinajstić information content (AvgIpc) is 2.97. The van der Waals surface area contributed by atoms with Crippen LogP contribution in [0.4, 0.5) is 0 Å². The summed E-state index contributed by atoms with van der Waals surface area (Å²) in [5.41, 5.74) is 0.0903. The highest BCUT2D eigenvalue weighted by Crippen LogP contribution is 2.27. The summed E-state index contributed by atoms with van der Waals surface area (Å²) in [6, 6.07) is 7.76. The van der Waals surface area contributed by atoms with Crippen LogP contribution in [-0.2, 0) is 9.53 Å². The van der Waals surface area contributed by atoms with Gasteiger partial charge >= 0.3 is 0 Å². The van der Waals surface area contributed by atoms with Crippen molar-refractivity contribution in [2.24, 2.45) is 5.92 Å². The molecule has 0 unspecified atom stereocenters. The van der Waals surface area contributed by atoms with E-state index in [-0.39, 0.29) is 18.4 Å². The zero-order valence-corrected chi connectivity index (χ0v) is 13.7. The Morgan fingerprint density at radius 2 is 2.13 bits per heavy atom. The van der Waals surface area contributed by atoms with Gasteiger partial charge in [-0.2, -0.15) is 0 Å². The largest absolute Gasteiger partial charge is 0.490 e. The molecule has 0 bridgehead atoms. The number of likely N-dealkylation sites (tertiary alicyclic amines) is 1. The van der Waals surface area contributed by atoms with Gasteiger partial charge in [0.15, 0.2) is 0 Å². The first-order valence-electron chi connectivity index (χ1n) is 8.35. The van der Waals surface area contributed by atoms with Crippen molar-refractivity contribution in [1.29, 1.82) is 0 Å². The Balaban J connectivity index is 1.55. The Bertz CT molecular complexity index is 556. The van der Waals surface area contributed by atoms with Crippen molar-refractivity contribution >= 4 is 5.91 Å². The van der Waals surface area contributed by atoms with Gasteiger partial charge < -0.3 is 19.5 Å². The summed E-state index contributed by atoms with van der Waals surface area (Å²) in [4.78, 5) is 14.3. The Kier molecular flexibility index (Phi) is 4.87. The minimum Gasteiger partial charge on any atom is -0.490 e. The van der Waals surface area contributed by atoms with Crippen LogP contribution in [0, 0.1) is 12.8 Å². The fourth-order valence-electron chi connectivity index (χ4n) is 3.30. The van der Waals surface area contributed by atoms with Crippen LogP contribution in [0.15, 0.2) is 24.3 Å². The predicted molar refractivity (Wildman–Crippen MR) is 86.4 cm³/mol. The number of rotatable bonds is 4. The second kappa shape index (κ2) is 6.89. The van der Waals surface area contributed by atoms with Crippen LogP contribution in [0.25, 0.3) is 0 Å². The van der Waals surface area contributed by atoms with E-state index in [1.165, 1.54) is 0 Å². The van der Waals surface area contributed by atoms with Gasteiger partial charge in [0.2, 0.25) is 5.91 Å². The van der Waals surface area contributed by atoms with Crippen LogP contribution in [0.3, 0.4) is 0 Å². The van der Waals surface area contributed by atoms with Gasteiger partial charge in [-0.15, -0.1) is 0 Å². The standard InChI is InChI=1S/C18H25NO4/c1-14-4-2-3-5-16(14)23-13-18(21)8-9-19(12-18)17(20)15-6-10-22-11-7-15/h2-5,15,21H,6-13H2,1H3/t18-/m0/s1. The lowest BCUT2D eigenvalue weighted by Gasteiger charge is -2.28. The maximum Gasteiger partial charge on any atom is 0.225 e. The van der Waals surface area contributed by atoms with Gasteiger partial charge in [0.25, 0.3) is 0 Å². The van der Waals surface area contributed by atoms with Crippen molar-refractivity contribution in [3.63, 3.8) is 0 Å². The first kappa shape index (κ1) is 16.3. The van der Waals surface area contributed by atoms with Crippen LogP contribution in [0.5, 0.6) is 5.75 Å². The number of hydrogen-bond acceptors (Lipinski definition) is 4. The minimum atomic E-state index is -0.955. The topological polar surface area (TPSA) is 59.0 Å². The van der Waals surface area contributed by atoms with E-state index in [0.717, 1.165) is 24.2 Å². The lowest BCUT2D eigenvalue weighted by atomic mass is 9.99. The second-order valence-corrected chi connectivity index (χ2v) is 6.67. The molecule has 2 saturated heterocycles. The van der Waals surface area contributed by atoms with Crippen LogP contribution in [0.2, 0.25) is 0 Å². The van der Waals surface area contributed by atoms with Crippen molar-refractivity contribution in [1.82, 2.24) is 4.90 Å². The number of carbonyl (C=O) groups is 1. The number of amides is 1. The fourth-order valence-corrected chi connectivity index (χ4v) is 3.30. The monoisotopic (exact) mass is 319 g/mol. The molecule has 126 valence electrons. The second-order valence-electron chi connectivity index (χ2n) is 6.67. The van der Waals surface area contributed by atoms with Gasteiger partial charge in [0, 0.05) is 25.7 Å². The van der Waals surface area contributed by atoms with Crippen LogP contribution >= 0.6 is 0 Å². The molecule has 1 aromatic rings. The number of nitrogens with zero attached hydrogens (tertiary/aromatic N) is 1. The summed E-state index contributed by atoms with van der Waals surface area (Å²) in [5.74, 6) is 0.985. The number of carbonyl (C=O) groups excluding carboxylic acids is 1. The number of aliphatic hydroxyl groups is 1. The molecule has 1 N–H and O–H groups in total. The molecule has 2 aliphatic heterocycles. The highest BCUT2D eigenvalue weighted by molar-refractivity contribution is 5.79. The summed E-state index contributed by atoms with van der Waals surface area (Å²) in [6.45, 7) is 4.47. The Morgan fingerprint density at radius 1 is 1.39 bits per heavy atom. The van der Waals surface area contributed by atoms with Gasteiger partial charge in [-0.1, -0.05) is 18.2 Å². The van der Waals surface area contributed by atoms with E-state index in [1.807, 2.05) is 31.2 Å². The third kappa shape index (κ3) is 3.85. The molecule has 0 saturated carbocycles. The third-order valence-corrected chi connectivity index (χ3v) is 4.80. The third-order valence-electron chi connectivity index (χ3n) is 4.80. The summed E-state index contributed by atoms with van der Waals surface area (Å²) in [6.07, 6.45) is 2.13. The molecule has 0 radical (unpaired) electrons. The molecule has 3 rings (SSSR count). The highest BCUT2D eigenvalue weighted by Gasteiger charge is 2.40. The first-order valence-corrected chi connectivity index (χ1v) is 8.35. The van der Waals surface area contributed by atoms with Crippen molar-refractivity contribution < 1.29 is 19.4 Å². The Morgan fingerprint density at radius 3 is 2.87 bits per heavy atom. The highest BCUT2D eigenvalue weighted by atomic mass is 16.5. The molecule has 0 aromatic heterocycles. The molecule has 2 fully saturated rings. The van der Waals surface area contributed by atoms with E-state index in [9.17, 15) is 9.90 Å². The molecule has 5 heteroatoms. The predicted octanol–water partition coefficient (Wildman–Crippen LogP) is 1.76. The Hall–Kier alpha value is -1.59. The van der Waals surface area contributed by atoms with E-state index in [1.54, 1.807) is 4.90 Å². The molecule has 23 heavy (non-hydrogen) atoms. The van der Waals surface area contributed by atoms with Crippen LogP contribution in [0.1, 0.15) is 24.8 Å². The molecular formula is C18H25NO4.